The highest BCUT2D eigenvalue weighted by atomic mass is 35.5. The standard InChI is InChI=1S/C10H12ClN3O2/c1-2-3-14(4-5-15)10-8(6-16)9(11)12-7-13-10/h2,6-7,15H,1,3-5H2. The number of hydrogen-bond donors (Lipinski definition) is 1. The second-order valence-electron chi connectivity index (χ2n) is 2.98. The number of hydrogen-bond acceptors (Lipinski definition) is 5. The largest absolute Gasteiger partial charge is 0.395 e. The molecule has 0 bridgehead atoms. The van der Waals surface area contributed by atoms with E-state index in [1.54, 1.807) is 11.0 Å². The molecule has 16 heavy (non-hydrogen) atoms. The van der Waals surface area contributed by atoms with Gasteiger partial charge in [-0.1, -0.05) is 17.7 Å². The number of halogens is 1. The molecule has 6 heteroatoms. The van der Waals surface area contributed by atoms with E-state index in [0.717, 1.165) is 0 Å². The summed E-state index contributed by atoms with van der Waals surface area (Å²) in [5, 5.41) is 9.02. The fourth-order valence-corrected chi connectivity index (χ4v) is 1.45. The highest BCUT2D eigenvalue weighted by Gasteiger charge is 2.14. The molecule has 0 fully saturated rings. The minimum atomic E-state index is -0.0479. The van der Waals surface area contributed by atoms with Gasteiger partial charge in [0.1, 0.15) is 17.3 Å². The minimum absolute atomic E-state index is 0.0479. The summed E-state index contributed by atoms with van der Waals surface area (Å²) in [6, 6.07) is 0. The molecule has 1 aromatic heterocycles. The molecule has 1 aromatic rings. The van der Waals surface area contributed by atoms with Crippen LogP contribution in [0.25, 0.3) is 0 Å². The van der Waals surface area contributed by atoms with Crippen LogP contribution in [0.2, 0.25) is 5.15 Å². The lowest BCUT2D eigenvalue weighted by molar-refractivity contribution is 0.112. The van der Waals surface area contributed by atoms with Crippen molar-refractivity contribution in [2.45, 2.75) is 0 Å². The molecular formula is C10H12ClN3O2. The third-order valence-electron chi connectivity index (χ3n) is 1.95. The lowest BCUT2D eigenvalue weighted by Crippen LogP contribution is -2.28. The van der Waals surface area contributed by atoms with Gasteiger partial charge in [0.25, 0.3) is 0 Å². The molecule has 0 aliphatic carbocycles. The van der Waals surface area contributed by atoms with Crippen LogP contribution in [0.1, 0.15) is 10.4 Å². The van der Waals surface area contributed by atoms with Crippen molar-refractivity contribution in [1.82, 2.24) is 9.97 Å². The van der Waals surface area contributed by atoms with Gasteiger partial charge >= 0.3 is 0 Å². The molecule has 0 saturated heterocycles. The van der Waals surface area contributed by atoms with Gasteiger partial charge in [-0.2, -0.15) is 0 Å². The Morgan fingerprint density at radius 2 is 2.31 bits per heavy atom. The molecule has 0 saturated carbocycles. The summed E-state index contributed by atoms with van der Waals surface area (Å²) in [6.45, 7) is 4.36. The first-order chi connectivity index (χ1) is 7.74. The van der Waals surface area contributed by atoms with Crippen molar-refractivity contribution in [2.24, 2.45) is 0 Å². The SMILES string of the molecule is C=CCN(CCO)c1ncnc(Cl)c1C=O. The van der Waals surface area contributed by atoms with Crippen LogP contribution >= 0.6 is 11.6 Å². The van der Waals surface area contributed by atoms with Crippen LogP contribution < -0.4 is 4.90 Å². The first-order valence-electron chi connectivity index (χ1n) is 4.67. The molecule has 0 aliphatic heterocycles. The number of carbonyl (C=O) groups excluding carboxylic acids is 1. The summed E-state index contributed by atoms with van der Waals surface area (Å²) in [4.78, 5) is 20.3. The van der Waals surface area contributed by atoms with Gasteiger partial charge in [-0.3, -0.25) is 4.79 Å². The Labute approximate surface area is 98.4 Å². The Balaban J connectivity index is 3.11. The van der Waals surface area contributed by atoms with E-state index in [2.05, 4.69) is 16.5 Å². The zero-order valence-electron chi connectivity index (χ0n) is 8.64. The quantitative estimate of drug-likeness (QED) is 0.456. The van der Waals surface area contributed by atoms with E-state index >= 15 is 0 Å². The van der Waals surface area contributed by atoms with Gasteiger partial charge in [0.2, 0.25) is 0 Å². The molecule has 0 radical (unpaired) electrons. The summed E-state index contributed by atoms with van der Waals surface area (Å²) in [6.07, 6.45) is 3.53. The molecule has 0 unspecified atom stereocenters. The smallest absolute Gasteiger partial charge is 0.156 e. The van der Waals surface area contributed by atoms with Crippen LogP contribution in [0.3, 0.4) is 0 Å². The number of aliphatic hydroxyl groups is 1. The van der Waals surface area contributed by atoms with Gasteiger partial charge in [-0.05, 0) is 0 Å². The Morgan fingerprint density at radius 3 is 2.88 bits per heavy atom. The molecule has 0 aromatic carbocycles. The van der Waals surface area contributed by atoms with E-state index in [1.165, 1.54) is 6.33 Å². The van der Waals surface area contributed by atoms with Gasteiger partial charge in [-0.25, -0.2) is 9.97 Å². The Morgan fingerprint density at radius 1 is 1.56 bits per heavy atom. The third-order valence-corrected chi connectivity index (χ3v) is 2.25. The van der Waals surface area contributed by atoms with Crippen molar-refractivity contribution in [3.05, 3.63) is 29.7 Å². The van der Waals surface area contributed by atoms with Gasteiger partial charge in [-0.15, -0.1) is 6.58 Å². The zero-order valence-corrected chi connectivity index (χ0v) is 9.39. The summed E-state index contributed by atoms with van der Waals surface area (Å²) >= 11 is 5.78. The maximum atomic E-state index is 10.9. The fourth-order valence-electron chi connectivity index (χ4n) is 1.28. The fraction of sp³-hybridized carbons (Fsp3) is 0.300. The van der Waals surface area contributed by atoms with Crippen molar-refractivity contribution in [3.8, 4) is 0 Å². The number of rotatable bonds is 6. The van der Waals surface area contributed by atoms with Crippen LogP contribution in [-0.2, 0) is 0 Å². The second-order valence-corrected chi connectivity index (χ2v) is 3.34. The molecule has 0 aliphatic rings. The summed E-state index contributed by atoms with van der Waals surface area (Å²) in [5.41, 5.74) is 0.222. The summed E-state index contributed by atoms with van der Waals surface area (Å²) in [5.74, 6) is 0.406. The number of aldehydes is 1. The van der Waals surface area contributed by atoms with E-state index in [0.29, 0.717) is 25.2 Å². The predicted molar refractivity (Wildman–Crippen MR) is 61.9 cm³/mol. The molecule has 1 rings (SSSR count). The van der Waals surface area contributed by atoms with Crippen LogP contribution in [-0.4, -0.2) is 41.1 Å². The maximum absolute atomic E-state index is 10.9. The minimum Gasteiger partial charge on any atom is -0.395 e. The van der Waals surface area contributed by atoms with E-state index in [1.807, 2.05) is 0 Å². The van der Waals surface area contributed by atoms with Crippen LogP contribution in [0, 0.1) is 0 Å². The number of carbonyl (C=O) groups is 1. The van der Waals surface area contributed by atoms with E-state index < -0.39 is 0 Å². The molecule has 5 nitrogen and oxygen atoms in total. The topological polar surface area (TPSA) is 66.3 Å². The van der Waals surface area contributed by atoms with Gasteiger partial charge in [0.15, 0.2) is 6.29 Å². The maximum Gasteiger partial charge on any atom is 0.156 e. The summed E-state index contributed by atoms with van der Waals surface area (Å²) < 4.78 is 0. The molecule has 0 amide bonds. The molecule has 0 spiro atoms. The van der Waals surface area contributed by atoms with Gasteiger partial charge < -0.3 is 10.0 Å². The lowest BCUT2D eigenvalue weighted by Gasteiger charge is -2.22. The highest BCUT2D eigenvalue weighted by Crippen LogP contribution is 2.20. The number of aromatic nitrogens is 2. The van der Waals surface area contributed by atoms with E-state index in [4.69, 9.17) is 16.7 Å². The van der Waals surface area contributed by atoms with Crippen molar-refractivity contribution < 1.29 is 9.90 Å². The third kappa shape index (κ3) is 2.77. The molecular weight excluding hydrogens is 230 g/mol. The number of aliphatic hydroxyl groups excluding tert-OH is 1. The van der Waals surface area contributed by atoms with E-state index in [-0.39, 0.29) is 17.3 Å². The number of anilines is 1. The van der Waals surface area contributed by atoms with Crippen molar-refractivity contribution in [1.29, 1.82) is 0 Å². The van der Waals surface area contributed by atoms with E-state index in [9.17, 15) is 4.79 Å². The van der Waals surface area contributed by atoms with Gasteiger partial charge in [0.05, 0.1) is 12.2 Å². The van der Waals surface area contributed by atoms with Crippen LogP contribution in [0.15, 0.2) is 19.0 Å². The van der Waals surface area contributed by atoms with Gasteiger partial charge in [0, 0.05) is 13.1 Å². The van der Waals surface area contributed by atoms with Crippen LogP contribution in [0.4, 0.5) is 5.82 Å². The summed E-state index contributed by atoms with van der Waals surface area (Å²) in [7, 11) is 0. The normalized spacial score (nSPS) is 9.88. The van der Waals surface area contributed by atoms with Crippen molar-refractivity contribution >= 4 is 23.7 Å². The first kappa shape index (κ1) is 12.6. The average Bonchev–Trinajstić information content (AvgIpc) is 2.28. The Bertz CT molecular complexity index is 384. The van der Waals surface area contributed by atoms with Crippen molar-refractivity contribution in [2.75, 3.05) is 24.6 Å². The Kier molecular flexibility index (Phi) is 4.88. The molecule has 1 N–H and O–H groups in total. The Hall–Kier alpha value is -1.46. The second kappa shape index (κ2) is 6.19. The zero-order chi connectivity index (χ0) is 12.0. The van der Waals surface area contributed by atoms with Crippen LogP contribution in [0.5, 0.6) is 0 Å². The first-order valence-corrected chi connectivity index (χ1v) is 5.04. The predicted octanol–water partition coefficient (Wildman–Crippen LogP) is 0.927. The number of nitrogens with zero attached hydrogens (tertiary/aromatic N) is 3. The van der Waals surface area contributed by atoms with Crippen molar-refractivity contribution in [3.63, 3.8) is 0 Å². The molecule has 0 atom stereocenters. The molecule has 1 heterocycles. The molecule has 86 valence electrons. The average molecular weight is 242 g/mol. The lowest BCUT2D eigenvalue weighted by atomic mass is 10.3. The highest BCUT2D eigenvalue weighted by molar-refractivity contribution is 6.32. The monoisotopic (exact) mass is 241 g/mol.